The summed E-state index contributed by atoms with van der Waals surface area (Å²) in [5, 5.41) is 6.92. The van der Waals surface area contributed by atoms with Gasteiger partial charge in [-0.25, -0.2) is 8.78 Å². The number of hydrogen-bond donors (Lipinski definition) is 1. The third-order valence-corrected chi connectivity index (χ3v) is 4.52. The van der Waals surface area contributed by atoms with E-state index in [-0.39, 0.29) is 17.5 Å². The van der Waals surface area contributed by atoms with Gasteiger partial charge in [0.1, 0.15) is 0 Å². The highest BCUT2D eigenvalue weighted by Gasteiger charge is 2.17. The van der Waals surface area contributed by atoms with E-state index < -0.39 is 11.6 Å². The van der Waals surface area contributed by atoms with Crippen LogP contribution < -0.4 is 5.32 Å². The zero-order valence-corrected chi connectivity index (χ0v) is 14.0. The van der Waals surface area contributed by atoms with E-state index in [9.17, 15) is 13.6 Å². The minimum absolute atomic E-state index is 0.227. The Kier molecular flexibility index (Phi) is 4.95. The van der Waals surface area contributed by atoms with Crippen molar-refractivity contribution in [1.29, 1.82) is 0 Å². The van der Waals surface area contributed by atoms with Crippen molar-refractivity contribution in [2.75, 3.05) is 5.32 Å². The van der Waals surface area contributed by atoms with Gasteiger partial charge in [-0.05, 0) is 41.9 Å². The second kappa shape index (κ2) is 6.56. The number of benzene rings is 1. The third-order valence-electron chi connectivity index (χ3n) is 3.37. The minimum Gasteiger partial charge on any atom is -0.326 e. The maximum absolute atomic E-state index is 13.1. The SMILES string of the molecule is Cc1nn(C[C@H](C)C(=O)Nc2ccc(F)c(F)c2)c(C)c1Br. The summed E-state index contributed by atoms with van der Waals surface area (Å²) in [5.74, 6) is -2.60. The van der Waals surface area contributed by atoms with E-state index in [4.69, 9.17) is 0 Å². The van der Waals surface area contributed by atoms with E-state index in [1.807, 2.05) is 13.8 Å². The number of carbonyl (C=O) groups is 1. The lowest BCUT2D eigenvalue weighted by Crippen LogP contribution is -2.25. The van der Waals surface area contributed by atoms with Crippen molar-refractivity contribution >= 4 is 27.5 Å². The second-order valence-electron chi connectivity index (χ2n) is 5.19. The molecule has 1 aromatic carbocycles. The minimum atomic E-state index is -0.993. The van der Waals surface area contributed by atoms with Gasteiger partial charge >= 0.3 is 0 Å². The predicted molar refractivity (Wildman–Crippen MR) is 83.6 cm³/mol. The molecule has 7 heteroatoms. The molecule has 118 valence electrons. The molecule has 0 aliphatic rings. The molecule has 0 fully saturated rings. The van der Waals surface area contributed by atoms with Crippen molar-refractivity contribution in [3.63, 3.8) is 0 Å². The number of carbonyl (C=O) groups excluding carboxylic acids is 1. The van der Waals surface area contributed by atoms with E-state index in [1.165, 1.54) is 6.07 Å². The van der Waals surface area contributed by atoms with Crippen LogP contribution >= 0.6 is 15.9 Å². The molecule has 0 radical (unpaired) electrons. The zero-order chi connectivity index (χ0) is 16.4. The van der Waals surface area contributed by atoms with Crippen LogP contribution in [0.5, 0.6) is 0 Å². The highest BCUT2D eigenvalue weighted by Crippen LogP contribution is 2.21. The zero-order valence-electron chi connectivity index (χ0n) is 12.5. The van der Waals surface area contributed by atoms with Crippen molar-refractivity contribution < 1.29 is 13.6 Å². The number of nitrogens with one attached hydrogen (secondary N) is 1. The maximum atomic E-state index is 13.1. The van der Waals surface area contributed by atoms with E-state index in [2.05, 4.69) is 26.3 Å². The molecule has 1 aromatic heterocycles. The molecule has 0 bridgehead atoms. The summed E-state index contributed by atoms with van der Waals surface area (Å²) in [5.41, 5.74) is 2.01. The van der Waals surface area contributed by atoms with Crippen LogP contribution in [0.2, 0.25) is 0 Å². The Morgan fingerprint density at radius 3 is 2.59 bits per heavy atom. The number of nitrogens with zero attached hydrogens (tertiary/aromatic N) is 2. The molecular formula is C15H16BrF2N3O. The molecule has 1 amide bonds. The van der Waals surface area contributed by atoms with Gasteiger partial charge in [0.05, 0.1) is 22.6 Å². The molecule has 2 aromatic rings. The molecule has 4 nitrogen and oxygen atoms in total. The maximum Gasteiger partial charge on any atom is 0.229 e. The van der Waals surface area contributed by atoms with Gasteiger partial charge in [-0.1, -0.05) is 6.92 Å². The number of anilines is 1. The Labute approximate surface area is 135 Å². The van der Waals surface area contributed by atoms with Crippen LogP contribution in [0.1, 0.15) is 18.3 Å². The summed E-state index contributed by atoms with van der Waals surface area (Å²) in [6.07, 6.45) is 0. The highest BCUT2D eigenvalue weighted by molar-refractivity contribution is 9.10. The Morgan fingerprint density at radius 2 is 2.05 bits per heavy atom. The van der Waals surface area contributed by atoms with E-state index >= 15 is 0 Å². The Bertz CT molecular complexity index is 715. The topological polar surface area (TPSA) is 46.9 Å². The molecule has 0 saturated heterocycles. The summed E-state index contributed by atoms with van der Waals surface area (Å²) >= 11 is 3.43. The Hall–Kier alpha value is -1.76. The van der Waals surface area contributed by atoms with Gasteiger partial charge in [-0.3, -0.25) is 9.48 Å². The molecule has 2 rings (SSSR count). The first-order valence-corrected chi connectivity index (χ1v) is 7.54. The molecule has 0 aliphatic carbocycles. The highest BCUT2D eigenvalue weighted by atomic mass is 79.9. The number of hydrogen-bond acceptors (Lipinski definition) is 2. The number of aromatic nitrogens is 2. The monoisotopic (exact) mass is 371 g/mol. The van der Waals surface area contributed by atoms with Gasteiger partial charge in [0, 0.05) is 17.4 Å². The molecule has 22 heavy (non-hydrogen) atoms. The first kappa shape index (κ1) is 16.6. The normalized spacial score (nSPS) is 12.3. The number of aryl methyl sites for hydroxylation is 1. The molecule has 1 heterocycles. The van der Waals surface area contributed by atoms with Crippen molar-refractivity contribution in [2.24, 2.45) is 5.92 Å². The molecule has 0 saturated carbocycles. The van der Waals surface area contributed by atoms with Gasteiger partial charge in [0.2, 0.25) is 5.91 Å². The average molecular weight is 372 g/mol. The van der Waals surface area contributed by atoms with Crippen LogP contribution in [0.25, 0.3) is 0 Å². The average Bonchev–Trinajstić information content (AvgIpc) is 2.70. The fourth-order valence-corrected chi connectivity index (χ4v) is 2.32. The number of rotatable bonds is 4. The van der Waals surface area contributed by atoms with Gasteiger partial charge in [0.15, 0.2) is 11.6 Å². The van der Waals surface area contributed by atoms with E-state index in [1.54, 1.807) is 11.6 Å². The first-order valence-electron chi connectivity index (χ1n) is 6.75. The third kappa shape index (κ3) is 3.52. The van der Waals surface area contributed by atoms with Crippen LogP contribution in [-0.2, 0) is 11.3 Å². The summed E-state index contributed by atoms with van der Waals surface area (Å²) in [7, 11) is 0. The smallest absolute Gasteiger partial charge is 0.229 e. The van der Waals surface area contributed by atoms with Gasteiger partial charge < -0.3 is 5.32 Å². The Balaban J connectivity index is 2.05. The van der Waals surface area contributed by atoms with Crippen molar-refractivity contribution in [1.82, 2.24) is 9.78 Å². The molecule has 1 atom stereocenters. The van der Waals surface area contributed by atoms with Crippen molar-refractivity contribution in [2.45, 2.75) is 27.3 Å². The fourth-order valence-electron chi connectivity index (χ4n) is 2.03. The molecule has 0 unspecified atom stereocenters. The second-order valence-corrected chi connectivity index (χ2v) is 5.98. The standard InChI is InChI=1S/C15H16BrF2N3O/c1-8(7-21-10(3)14(16)9(2)20-21)15(22)19-11-4-5-12(17)13(18)6-11/h4-6,8H,7H2,1-3H3,(H,19,22)/t8-/m0/s1. The van der Waals surface area contributed by atoms with Crippen LogP contribution in [0, 0.1) is 31.4 Å². The van der Waals surface area contributed by atoms with Gasteiger partial charge in [0.25, 0.3) is 0 Å². The lowest BCUT2D eigenvalue weighted by Gasteiger charge is -2.13. The van der Waals surface area contributed by atoms with Gasteiger partial charge in [-0.2, -0.15) is 5.10 Å². The van der Waals surface area contributed by atoms with Gasteiger partial charge in [-0.15, -0.1) is 0 Å². The molecule has 0 aliphatic heterocycles. The van der Waals surface area contributed by atoms with Crippen LogP contribution in [0.3, 0.4) is 0 Å². The first-order chi connectivity index (χ1) is 10.3. The summed E-state index contributed by atoms with van der Waals surface area (Å²) in [6, 6.07) is 3.26. The summed E-state index contributed by atoms with van der Waals surface area (Å²) < 4.78 is 28.7. The van der Waals surface area contributed by atoms with Crippen molar-refractivity contribution in [3.8, 4) is 0 Å². The summed E-state index contributed by atoms with van der Waals surface area (Å²) in [6.45, 7) is 5.93. The molecule has 0 spiro atoms. The fraction of sp³-hybridized carbons (Fsp3) is 0.333. The molecular weight excluding hydrogens is 356 g/mol. The van der Waals surface area contributed by atoms with Crippen molar-refractivity contribution in [3.05, 3.63) is 45.7 Å². The Morgan fingerprint density at radius 1 is 1.36 bits per heavy atom. The quantitative estimate of drug-likeness (QED) is 0.887. The summed E-state index contributed by atoms with van der Waals surface area (Å²) in [4.78, 5) is 12.1. The van der Waals surface area contributed by atoms with Crippen LogP contribution in [0.15, 0.2) is 22.7 Å². The lowest BCUT2D eigenvalue weighted by atomic mass is 10.1. The predicted octanol–water partition coefficient (Wildman–Crippen LogP) is 3.82. The molecule has 1 N–H and O–H groups in total. The number of halogens is 3. The van der Waals surface area contributed by atoms with Crippen LogP contribution in [0.4, 0.5) is 14.5 Å². The van der Waals surface area contributed by atoms with Crippen LogP contribution in [-0.4, -0.2) is 15.7 Å². The lowest BCUT2D eigenvalue weighted by molar-refractivity contribution is -0.119. The number of amides is 1. The largest absolute Gasteiger partial charge is 0.326 e. The van der Waals surface area contributed by atoms with E-state index in [0.29, 0.717) is 6.54 Å². The van der Waals surface area contributed by atoms with E-state index in [0.717, 1.165) is 28.0 Å².